The minimum absolute atomic E-state index is 0.612. The summed E-state index contributed by atoms with van der Waals surface area (Å²) < 4.78 is 1.93. The van der Waals surface area contributed by atoms with Crippen LogP contribution in [0.2, 0.25) is 0 Å². The summed E-state index contributed by atoms with van der Waals surface area (Å²) in [5, 5.41) is 16.2. The van der Waals surface area contributed by atoms with Gasteiger partial charge in [-0.3, -0.25) is 4.98 Å². The Morgan fingerprint density at radius 1 is 0.938 bits per heavy atom. The van der Waals surface area contributed by atoms with E-state index in [-0.39, 0.29) is 0 Å². The summed E-state index contributed by atoms with van der Waals surface area (Å²) in [6.07, 6.45) is 1.89. The first kappa shape index (κ1) is 19.9. The third-order valence-corrected chi connectivity index (χ3v) is 5.70. The molecule has 0 radical (unpaired) electrons. The summed E-state index contributed by atoms with van der Waals surface area (Å²) in [5.74, 6) is 0. The maximum Gasteiger partial charge on any atom is 0.0992 e. The van der Waals surface area contributed by atoms with Crippen LogP contribution in [0.25, 0.3) is 38.6 Å². The van der Waals surface area contributed by atoms with Crippen molar-refractivity contribution in [1.29, 1.82) is 5.26 Å². The minimum atomic E-state index is 0.612. The lowest BCUT2D eigenvalue weighted by atomic mass is 10.0. The highest BCUT2D eigenvalue weighted by molar-refractivity contribution is 6.06. The molecule has 0 bridgehead atoms. The highest BCUT2D eigenvalue weighted by atomic mass is 15.3. The molecule has 32 heavy (non-hydrogen) atoms. The largest absolute Gasteiger partial charge is 0.305 e. The fourth-order valence-corrected chi connectivity index (χ4v) is 4.17. The Hall–Kier alpha value is -4.01. The van der Waals surface area contributed by atoms with Crippen LogP contribution < -0.4 is 0 Å². The number of aryl methyl sites for hydroxylation is 1. The van der Waals surface area contributed by atoms with Crippen LogP contribution in [-0.4, -0.2) is 33.8 Å². The Bertz CT molecular complexity index is 1490. The molecule has 5 aromatic rings. The fourth-order valence-electron chi connectivity index (χ4n) is 4.17. The topological polar surface area (TPSA) is 57.7 Å². The summed E-state index contributed by atoms with van der Waals surface area (Å²) >= 11 is 0. The summed E-state index contributed by atoms with van der Waals surface area (Å²) in [5.41, 5.74) is 7.91. The van der Waals surface area contributed by atoms with Crippen molar-refractivity contribution in [2.75, 3.05) is 14.1 Å². The number of hydrogen-bond acceptors (Lipinski definition) is 4. The molecule has 156 valence electrons. The quantitative estimate of drug-likeness (QED) is 0.388. The molecule has 0 N–H and O–H groups in total. The third kappa shape index (κ3) is 3.51. The van der Waals surface area contributed by atoms with Gasteiger partial charge in [-0.05, 0) is 68.0 Å². The minimum Gasteiger partial charge on any atom is -0.305 e. The van der Waals surface area contributed by atoms with Crippen molar-refractivity contribution in [3.8, 4) is 22.9 Å². The van der Waals surface area contributed by atoms with E-state index in [1.807, 2.05) is 36.0 Å². The molecule has 0 atom stereocenters. The second-order valence-electron chi connectivity index (χ2n) is 8.35. The number of pyridine rings is 1. The van der Waals surface area contributed by atoms with Crippen molar-refractivity contribution < 1.29 is 0 Å². The van der Waals surface area contributed by atoms with Crippen LogP contribution in [0.15, 0.2) is 72.9 Å². The predicted molar refractivity (Wildman–Crippen MR) is 129 cm³/mol. The summed E-state index contributed by atoms with van der Waals surface area (Å²) in [6, 6.07) is 24.8. The molecule has 5 nitrogen and oxygen atoms in total. The van der Waals surface area contributed by atoms with Crippen LogP contribution in [-0.2, 0) is 6.54 Å². The molecule has 5 rings (SSSR count). The monoisotopic (exact) mass is 417 g/mol. The Morgan fingerprint density at radius 2 is 1.72 bits per heavy atom. The second-order valence-corrected chi connectivity index (χ2v) is 8.35. The smallest absolute Gasteiger partial charge is 0.0992 e. The summed E-state index contributed by atoms with van der Waals surface area (Å²) in [4.78, 5) is 6.85. The molecule has 0 fully saturated rings. The molecule has 3 aromatic carbocycles. The van der Waals surface area contributed by atoms with Gasteiger partial charge in [-0.2, -0.15) is 10.4 Å². The molecule has 0 saturated heterocycles. The van der Waals surface area contributed by atoms with E-state index in [0.717, 1.165) is 45.3 Å². The van der Waals surface area contributed by atoms with Crippen molar-refractivity contribution in [2.45, 2.75) is 13.5 Å². The molecule has 5 heteroatoms. The van der Waals surface area contributed by atoms with E-state index in [9.17, 15) is 5.26 Å². The van der Waals surface area contributed by atoms with Gasteiger partial charge in [0.25, 0.3) is 0 Å². The van der Waals surface area contributed by atoms with Gasteiger partial charge in [-0.15, -0.1) is 0 Å². The van der Waals surface area contributed by atoms with Crippen LogP contribution in [0.5, 0.6) is 0 Å². The van der Waals surface area contributed by atoms with Crippen molar-refractivity contribution >= 4 is 21.8 Å². The molecule has 0 unspecified atom stereocenters. The first-order valence-electron chi connectivity index (χ1n) is 10.6. The Labute approximate surface area is 187 Å². The molecule has 2 heterocycles. The van der Waals surface area contributed by atoms with Crippen molar-refractivity contribution in [2.24, 2.45) is 0 Å². The van der Waals surface area contributed by atoms with Gasteiger partial charge in [0.15, 0.2) is 0 Å². The van der Waals surface area contributed by atoms with Crippen molar-refractivity contribution in [3.05, 3.63) is 89.7 Å². The van der Waals surface area contributed by atoms with Gasteiger partial charge in [0.1, 0.15) is 0 Å². The number of benzene rings is 3. The highest BCUT2D eigenvalue weighted by Crippen LogP contribution is 2.32. The lowest BCUT2D eigenvalue weighted by Gasteiger charge is -2.11. The normalized spacial score (nSPS) is 11.3. The van der Waals surface area contributed by atoms with Gasteiger partial charge >= 0.3 is 0 Å². The standard InChI is InChI=1S/C27H23N5/c1-18-25-16-29-26-12-11-22(21-9-7-19(8-10-21)17-31(2)3)14-24(26)27(25)32(30-18)23-6-4-5-20(13-23)15-28/h4-14,16H,17H2,1-3H3. The van der Waals surface area contributed by atoms with E-state index < -0.39 is 0 Å². The van der Waals surface area contributed by atoms with E-state index in [2.05, 4.69) is 72.5 Å². The molecule has 0 aliphatic rings. The van der Waals surface area contributed by atoms with Gasteiger partial charge in [-0.25, -0.2) is 4.68 Å². The van der Waals surface area contributed by atoms with E-state index in [0.29, 0.717) is 5.56 Å². The van der Waals surface area contributed by atoms with Gasteiger partial charge in [0, 0.05) is 23.5 Å². The average Bonchev–Trinajstić information content (AvgIpc) is 3.16. The molecule has 0 saturated carbocycles. The zero-order chi connectivity index (χ0) is 22.2. The lowest BCUT2D eigenvalue weighted by Crippen LogP contribution is -2.10. The van der Waals surface area contributed by atoms with Crippen molar-refractivity contribution in [1.82, 2.24) is 19.7 Å². The highest BCUT2D eigenvalue weighted by Gasteiger charge is 2.14. The maximum absolute atomic E-state index is 9.34. The zero-order valence-corrected chi connectivity index (χ0v) is 18.4. The lowest BCUT2D eigenvalue weighted by molar-refractivity contribution is 0.402. The Balaban J connectivity index is 1.70. The molecule has 0 spiro atoms. The van der Waals surface area contributed by atoms with E-state index in [4.69, 9.17) is 5.10 Å². The fraction of sp³-hybridized carbons (Fsp3) is 0.148. The first-order valence-corrected chi connectivity index (χ1v) is 10.6. The number of nitriles is 1. The summed E-state index contributed by atoms with van der Waals surface area (Å²) in [6.45, 7) is 2.91. The van der Waals surface area contributed by atoms with Gasteiger partial charge < -0.3 is 4.90 Å². The number of aromatic nitrogens is 3. The number of fused-ring (bicyclic) bond motifs is 3. The Morgan fingerprint density at radius 3 is 2.47 bits per heavy atom. The van der Waals surface area contributed by atoms with Crippen LogP contribution in [0.3, 0.4) is 0 Å². The van der Waals surface area contributed by atoms with Gasteiger partial charge in [0.2, 0.25) is 0 Å². The van der Waals surface area contributed by atoms with Gasteiger partial charge in [0.05, 0.1) is 34.0 Å². The Kier molecular flexibility index (Phi) is 4.93. The van der Waals surface area contributed by atoms with Crippen LogP contribution in [0, 0.1) is 18.3 Å². The molecular weight excluding hydrogens is 394 g/mol. The maximum atomic E-state index is 9.34. The third-order valence-electron chi connectivity index (χ3n) is 5.70. The second kappa shape index (κ2) is 7.92. The molecule has 0 aliphatic carbocycles. The number of hydrogen-bond donors (Lipinski definition) is 0. The molecular formula is C27H23N5. The van der Waals surface area contributed by atoms with E-state index >= 15 is 0 Å². The molecule has 2 aromatic heterocycles. The van der Waals surface area contributed by atoms with Crippen molar-refractivity contribution in [3.63, 3.8) is 0 Å². The van der Waals surface area contributed by atoms with Crippen LogP contribution in [0.1, 0.15) is 16.8 Å². The van der Waals surface area contributed by atoms with Crippen LogP contribution >= 0.6 is 0 Å². The SMILES string of the molecule is Cc1nn(-c2cccc(C#N)c2)c2c1cnc1ccc(-c3ccc(CN(C)C)cc3)cc12. The first-order chi connectivity index (χ1) is 15.5. The van der Waals surface area contributed by atoms with Gasteiger partial charge in [-0.1, -0.05) is 36.4 Å². The zero-order valence-electron chi connectivity index (χ0n) is 18.4. The molecule has 0 amide bonds. The van der Waals surface area contributed by atoms with E-state index in [1.165, 1.54) is 11.1 Å². The molecule has 0 aliphatic heterocycles. The number of nitrogens with zero attached hydrogens (tertiary/aromatic N) is 5. The summed E-state index contributed by atoms with van der Waals surface area (Å²) in [7, 11) is 4.15. The van der Waals surface area contributed by atoms with Crippen LogP contribution in [0.4, 0.5) is 0 Å². The predicted octanol–water partition coefficient (Wildman–Crippen LogP) is 5.48. The average molecular weight is 418 g/mol. The number of rotatable bonds is 4. The van der Waals surface area contributed by atoms with E-state index in [1.54, 1.807) is 6.07 Å².